The summed E-state index contributed by atoms with van der Waals surface area (Å²) in [6.07, 6.45) is -0.706. The van der Waals surface area contributed by atoms with Gasteiger partial charge in [-0.25, -0.2) is 4.98 Å². The standard InChI is InChI=1S/C42H60N4O6/c1-9-23-24(10-2)30-18-32-27(13-5)28(14-6)34(45-32)20-38-42(15-7,16-8)41(52-22-37(49)40(51)39(50)36(48)21-47)35(46-38)19-33-26(12-4)25(11-3)31(44-33)17-29(23)43-30/h17-20,36-37,39-41,43-44,47-51H,9-16,21-22H2,1-8H3/t36-,37-,39-,40-,41?/m1/s1. The number of aromatic nitrogens is 4. The molecule has 2 aliphatic heterocycles. The van der Waals surface area contributed by atoms with E-state index < -0.39 is 42.5 Å². The van der Waals surface area contributed by atoms with Gasteiger partial charge in [0.15, 0.2) is 0 Å². The van der Waals surface area contributed by atoms with Gasteiger partial charge in [0.25, 0.3) is 0 Å². The first-order chi connectivity index (χ1) is 25.0. The van der Waals surface area contributed by atoms with Crippen LogP contribution in [-0.4, -0.2) is 83.1 Å². The first-order valence-electron chi connectivity index (χ1n) is 19.5. The third kappa shape index (κ3) is 7.01. The van der Waals surface area contributed by atoms with Gasteiger partial charge in [-0.15, -0.1) is 0 Å². The number of rotatable bonds is 15. The molecule has 0 radical (unpaired) electrons. The number of hydrogen-bond acceptors (Lipinski definition) is 8. The van der Waals surface area contributed by atoms with Crippen molar-refractivity contribution in [1.82, 2.24) is 19.9 Å². The van der Waals surface area contributed by atoms with Crippen LogP contribution in [-0.2, 0) is 35.8 Å². The van der Waals surface area contributed by atoms with Crippen LogP contribution < -0.4 is 0 Å². The Hall–Kier alpha value is -3.38. The Bertz CT molecular complexity index is 1920. The quantitative estimate of drug-likeness (QED) is 0.0930. The van der Waals surface area contributed by atoms with E-state index in [1.807, 2.05) is 0 Å². The van der Waals surface area contributed by atoms with Gasteiger partial charge in [0.2, 0.25) is 0 Å². The van der Waals surface area contributed by atoms with E-state index in [0.717, 1.165) is 77.7 Å². The number of H-pyrrole nitrogens is 2. The molecule has 10 nitrogen and oxygen atoms in total. The third-order valence-corrected chi connectivity index (χ3v) is 11.6. The lowest BCUT2D eigenvalue weighted by Crippen LogP contribution is -2.47. The van der Waals surface area contributed by atoms with Crippen LogP contribution in [0, 0.1) is 0 Å². The number of ether oxygens (including phenoxy) is 1. The van der Waals surface area contributed by atoms with Crippen LogP contribution >= 0.6 is 0 Å². The van der Waals surface area contributed by atoms with Gasteiger partial charge in [0.05, 0.1) is 36.0 Å². The summed E-state index contributed by atoms with van der Waals surface area (Å²) >= 11 is 0. The van der Waals surface area contributed by atoms with Crippen molar-refractivity contribution in [2.24, 2.45) is 0 Å². The van der Waals surface area contributed by atoms with Crippen molar-refractivity contribution < 1.29 is 30.3 Å². The number of aryl methyl sites for hydroxylation is 4. The summed E-state index contributed by atoms with van der Waals surface area (Å²) in [6, 6.07) is 8.68. The summed E-state index contributed by atoms with van der Waals surface area (Å²) < 4.78 is 6.58. The Labute approximate surface area is 308 Å². The first-order valence-corrected chi connectivity index (χ1v) is 19.5. The largest absolute Gasteiger partial charge is 0.394 e. The molecule has 5 heterocycles. The van der Waals surface area contributed by atoms with Crippen molar-refractivity contribution in [3.05, 3.63) is 69.3 Å². The van der Waals surface area contributed by atoms with Crippen LogP contribution in [0.25, 0.3) is 33.2 Å². The average Bonchev–Trinajstić information content (AvgIpc) is 3.86. The van der Waals surface area contributed by atoms with Crippen LogP contribution in [0.2, 0.25) is 0 Å². The molecule has 10 heteroatoms. The van der Waals surface area contributed by atoms with Gasteiger partial charge in [-0.1, -0.05) is 55.4 Å². The molecule has 284 valence electrons. The smallest absolute Gasteiger partial charge is 0.111 e. The minimum atomic E-state index is -1.74. The summed E-state index contributed by atoms with van der Waals surface area (Å²) in [5.74, 6) is 0. The predicted molar refractivity (Wildman–Crippen MR) is 208 cm³/mol. The Balaban J connectivity index is 1.86. The van der Waals surface area contributed by atoms with E-state index >= 15 is 0 Å². The van der Waals surface area contributed by atoms with E-state index in [4.69, 9.17) is 14.7 Å². The zero-order chi connectivity index (χ0) is 37.9. The van der Waals surface area contributed by atoms with Gasteiger partial charge in [-0.3, -0.25) is 4.98 Å². The fourth-order valence-electron chi connectivity index (χ4n) is 8.61. The molecule has 3 aromatic rings. The zero-order valence-corrected chi connectivity index (χ0v) is 32.3. The minimum absolute atomic E-state index is 0.323. The second-order valence-electron chi connectivity index (χ2n) is 14.2. The molecule has 8 bridgehead atoms. The maximum atomic E-state index is 11.0. The topological polar surface area (TPSA) is 168 Å². The third-order valence-electron chi connectivity index (χ3n) is 11.6. The summed E-state index contributed by atoms with van der Waals surface area (Å²) in [5.41, 5.74) is 14.6. The Kier molecular flexibility index (Phi) is 12.8. The first kappa shape index (κ1) is 39.8. The van der Waals surface area contributed by atoms with Gasteiger partial charge in [0.1, 0.15) is 30.5 Å². The van der Waals surface area contributed by atoms with Gasteiger partial charge < -0.3 is 40.2 Å². The lowest BCUT2D eigenvalue weighted by Gasteiger charge is -2.35. The number of aliphatic hydroxyl groups is 5. The highest BCUT2D eigenvalue weighted by Gasteiger charge is 2.46. The van der Waals surface area contributed by atoms with Crippen molar-refractivity contribution in [1.29, 1.82) is 0 Å². The highest BCUT2D eigenvalue weighted by molar-refractivity contribution is 5.93. The zero-order valence-electron chi connectivity index (χ0n) is 32.3. The number of nitrogens with zero attached hydrogens (tertiary/aromatic N) is 2. The molecule has 7 N–H and O–H groups in total. The van der Waals surface area contributed by atoms with Crippen molar-refractivity contribution in [2.45, 2.75) is 143 Å². The molecule has 0 spiro atoms. The molecule has 5 atom stereocenters. The number of hydrogen-bond donors (Lipinski definition) is 7. The van der Waals surface area contributed by atoms with E-state index in [0.29, 0.717) is 18.5 Å². The highest BCUT2D eigenvalue weighted by Crippen LogP contribution is 2.49. The van der Waals surface area contributed by atoms with Crippen LogP contribution in [0.3, 0.4) is 0 Å². The number of aliphatic hydroxyl groups excluding tert-OH is 5. The molecule has 3 aromatic heterocycles. The molecule has 5 rings (SSSR count). The molecule has 0 fully saturated rings. The van der Waals surface area contributed by atoms with E-state index in [2.05, 4.69) is 89.6 Å². The maximum Gasteiger partial charge on any atom is 0.111 e. The lowest BCUT2D eigenvalue weighted by atomic mass is 9.74. The van der Waals surface area contributed by atoms with E-state index in [-0.39, 0.29) is 6.61 Å². The minimum Gasteiger partial charge on any atom is -0.394 e. The monoisotopic (exact) mass is 716 g/mol. The van der Waals surface area contributed by atoms with Crippen molar-refractivity contribution in [3.8, 4) is 0 Å². The number of fused-ring (bicyclic) bond motifs is 8. The summed E-state index contributed by atoms with van der Waals surface area (Å²) in [5, 5.41) is 51.2. The van der Waals surface area contributed by atoms with Crippen LogP contribution in [0.15, 0.2) is 24.3 Å². The molecular formula is C42H60N4O6. The van der Waals surface area contributed by atoms with Gasteiger partial charge in [-0.2, -0.15) is 0 Å². The van der Waals surface area contributed by atoms with E-state index in [1.54, 1.807) is 0 Å². The average molecular weight is 717 g/mol. The Morgan fingerprint density at radius 3 is 1.54 bits per heavy atom. The molecule has 0 saturated heterocycles. The van der Waals surface area contributed by atoms with Crippen LogP contribution in [0.5, 0.6) is 0 Å². The second-order valence-corrected chi connectivity index (χ2v) is 14.2. The number of nitrogens with one attached hydrogen (secondary N) is 2. The summed E-state index contributed by atoms with van der Waals surface area (Å²) in [4.78, 5) is 18.2. The molecule has 0 aromatic carbocycles. The molecule has 0 saturated carbocycles. The number of allylic oxidation sites excluding steroid dienone is 2. The molecule has 0 aliphatic carbocycles. The van der Waals surface area contributed by atoms with Crippen molar-refractivity contribution in [3.63, 3.8) is 0 Å². The Morgan fingerprint density at radius 1 is 0.615 bits per heavy atom. The fraction of sp³-hybridized carbons (Fsp3) is 0.571. The predicted octanol–water partition coefficient (Wildman–Crippen LogP) is 6.55. The van der Waals surface area contributed by atoms with E-state index in [1.165, 1.54) is 33.4 Å². The SMILES string of the molecule is CCC1=C(CC)c2cc3[nH]c(cc4[nH]c(cc5nc(cc1n2)C(CC)(CC)C5OC[C@@H](O)[C@@H](O)[C@H](O)[C@H](O)CO)c(CC)c4CC)c(CC)c3CC. The molecule has 52 heavy (non-hydrogen) atoms. The van der Waals surface area contributed by atoms with Gasteiger partial charge in [0, 0.05) is 27.5 Å². The van der Waals surface area contributed by atoms with Crippen LogP contribution in [0.4, 0.5) is 0 Å². The highest BCUT2D eigenvalue weighted by atomic mass is 16.5. The summed E-state index contributed by atoms with van der Waals surface area (Å²) in [6.45, 7) is 16.3. The van der Waals surface area contributed by atoms with E-state index in [9.17, 15) is 25.5 Å². The molecule has 0 amide bonds. The van der Waals surface area contributed by atoms with Gasteiger partial charge in [-0.05, 0) is 109 Å². The molecule has 2 aliphatic rings. The fourth-order valence-corrected chi connectivity index (χ4v) is 8.61. The molecule has 1 unspecified atom stereocenters. The maximum absolute atomic E-state index is 11.0. The molecular weight excluding hydrogens is 656 g/mol. The van der Waals surface area contributed by atoms with Crippen LogP contribution in [0.1, 0.15) is 132 Å². The number of aromatic amines is 2. The van der Waals surface area contributed by atoms with Gasteiger partial charge >= 0.3 is 0 Å². The second kappa shape index (κ2) is 16.7. The Morgan fingerprint density at radius 2 is 1.08 bits per heavy atom. The van der Waals surface area contributed by atoms with Crippen molar-refractivity contribution in [2.75, 3.05) is 13.2 Å². The normalized spacial score (nSPS) is 18.1. The van der Waals surface area contributed by atoms with Crippen molar-refractivity contribution >= 4 is 33.2 Å². The lowest BCUT2D eigenvalue weighted by molar-refractivity contribution is -0.140. The summed E-state index contributed by atoms with van der Waals surface area (Å²) in [7, 11) is 0.